The van der Waals surface area contributed by atoms with E-state index in [2.05, 4.69) is 10.6 Å². The molecular weight excluding hydrogens is 538 g/mol. The number of benzene rings is 3. The van der Waals surface area contributed by atoms with Gasteiger partial charge in [0.05, 0.1) is 25.1 Å². The van der Waals surface area contributed by atoms with Gasteiger partial charge in [-0.05, 0) is 67.4 Å². The van der Waals surface area contributed by atoms with Crippen molar-refractivity contribution in [1.82, 2.24) is 5.32 Å². The van der Waals surface area contributed by atoms with Crippen molar-refractivity contribution < 1.29 is 33.4 Å². The summed E-state index contributed by atoms with van der Waals surface area (Å²) in [6.07, 6.45) is 1.34. The van der Waals surface area contributed by atoms with E-state index in [1.807, 2.05) is 0 Å². The smallest absolute Gasteiger partial charge is 0.335 e. The van der Waals surface area contributed by atoms with Crippen molar-refractivity contribution >= 4 is 52.8 Å². The molecular formula is C29H26ClN3O7. The maximum Gasteiger partial charge on any atom is 0.335 e. The molecule has 0 saturated carbocycles. The summed E-state index contributed by atoms with van der Waals surface area (Å²) >= 11 is 6.08. The number of imide groups is 2. The molecule has 0 unspecified atom stereocenters. The van der Waals surface area contributed by atoms with Crippen LogP contribution < -0.4 is 29.7 Å². The number of carbonyl (C=O) groups is 4. The van der Waals surface area contributed by atoms with Gasteiger partial charge in [-0.1, -0.05) is 35.9 Å². The summed E-state index contributed by atoms with van der Waals surface area (Å²) in [4.78, 5) is 51.8. The fourth-order valence-electron chi connectivity index (χ4n) is 3.95. The van der Waals surface area contributed by atoms with Gasteiger partial charge < -0.3 is 19.5 Å². The van der Waals surface area contributed by atoms with Crippen LogP contribution in [0.5, 0.6) is 17.2 Å². The Bertz CT molecular complexity index is 1520. The van der Waals surface area contributed by atoms with Crippen molar-refractivity contribution in [2.24, 2.45) is 0 Å². The normalized spacial score (nSPS) is 14.2. The fourth-order valence-corrected chi connectivity index (χ4v) is 4.11. The molecule has 1 heterocycles. The second-order valence-corrected chi connectivity index (χ2v) is 9.00. The highest BCUT2D eigenvalue weighted by Crippen LogP contribution is 2.32. The van der Waals surface area contributed by atoms with E-state index in [-0.39, 0.29) is 23.6 Å². The molecule has 10 nitrogen and oxygen atoms in total. The minimum atomic E-state index is -0.873. The standard InChI is InChI=1S/C29H26ClN3O7/c1-4-39-25-14-18(10-12-24(25)40-16-26(34)31-21-7-5-6-8-23(21)38-3)13-20-27(35)32-29(37)33(28(20)36)22-15-19(30)11-9-17(22)2/h5-15H,4,16H2,1-3H3,(H,31,34)(H,32,35,37)/b20-13+. The van der Waals surface area contributed by atoms with E-state index in [0.717, 1.165) is 4.90 Å². The zero-order valence-corrected chi connectivity index (χ0v) is 22.7. The molecule has 0 spiro atoms. The van der Waals surface area contributed by atoms with Gasteiger partial charge in [-0.25, -0.2) is 9.69 Å². The Morgan fingerprint density at radius 1 is 1.00 bits per heavy atom. The molecule has 3 aromatic rings. The molecule has 11 heteroatoms. The highest BCUT2D eigenvalue weighted by Gasteiger charge is 2.37. The maximum absolute atomic E-state index is 13.3. The first-order valence-corrected chi connectivity index (χ1v) is 12.6. The van der Waals surface area contributed by atoms with Crippen molar-refractivity contribution in [3.05, 3.63) is 82.4 Å². The number of nitrogens with one attached hydrogen (secondary N) is 2. The SMILES string of the molecule is CCOc1cc(/C=C2\C(=O)NC(=O)N(c3cc(Cl)ccc3C)C2=O)ccc1OCC(=O)Nc1ccccc1OC. The van der Waals surface area contributed by atoms with E-state index in [1.165, 1.54) is 19.3 Å². The predicted molar refractivity (Wildman–Crippen MR) is 150 cm³/mol. The number of nitrogens with zero attached hydrogens (tertiary/aromatic N) is 1. The average molecular weight is 564 g/mol. The third-order valence-corrected chi connectivity index (χ3v) is 6.07. The summed E-state index contributed by atoms with van der Waals surface area (Å²) < 4.78 is 16.6. The van der Waals surface area contributed by atoms with Crippen LogP contribution in [0.25, 0.3) is 6.08 Å². The molecule has 1 aliphatic heterocycles. The molecule has 0 radical (unpaired) electrons. The minimum Gasteiger partial charge on any atom is -0.495 e. The van der Waals surface area contributed by atoms with Crippen LogP contribution in [0, 0.1) is 6.92 Å². The quantitative estimate of drug-likeness (QED) is 0.285. The number of aryl methyl sites for hydroxylation is 1. The van der Waals surface area contributed by atoms with Gasteiger partial charge in [0.1, 0.15) is 11.3 Å². The van der Waals surface area contributed by atoms with Gasteiger partial charge in [0.2, 0.25) is 0 Å². The van der Waals surface area contributed by atoms with Gasteiger partial charge in [-0.3, -0.25) is 19.7 Å². The fraction of sp³-hybridized carbons (Fsp3) is 0.172. The molecule has 0 atom stereocenters. The summed E-state index contributed by atoms with van der Waals surface area (Å²) in [7, 11) is 1.50. The van der Waals surface area contributed by atoms with Crippen molar-refractivity contribution in [3.8, 4) is 17.2 Å². The topological polar surface area (TPSA) is 123 Å². The second-order valence-electron chi connectivity index (χ2n) is 8.56. The number of ether oxygens (including phenoxy) is 3. The zero-order chi connectivity index (χ0) is 28.8. The van der Waals surface area contributed by atoms with Crippen molar-refractivity contribution in [2.45, 2.75) is 13.8 Å². The molecule has 0 aromatic heterocycles. The Labute approximate surface area is 235 Å². The lowest BCUT2D eigenvalue weighted by molar-refractivity contribution is -0.122. The highest BCUT2D eigenvalue weighted by atomic mass is 35.5. The van der Waals surface area contributed by atoms with Crippen molar-refractivity contribution in [1.29, 1.82) is 0 Å². The highest BCUT2D eigenvalue weighted by molar-refractivity contribution is 6.39. The van der Waals surface area contributed by atoms with Gasteiger partial charge in [0.15, 0.2) is 18.1 Å². The molecule has 2 N–H and O–H groups in total. The zero-order valence-electron chi connectivity index (χ0n) is 21.9. The van der Waals surface area contributed by atoms with Crippen molar-refractivity contribution in [2.75, 3.05) is 30.5 Å². The summed E-state index contributed by atoms with van der Waals surface area (Å²) in [5, 5.41) is 5.25. The first kappa shape index (κ1) is 28.2. The van der Waals surface area contributed by atoms with E-state index < -0.39 is 23.8 Å². The lowest BCUT2D eigenvalue weighted by atomic mass is 10.1. The Morgan fingerprint density at radius 3 is 2.52 bits per heavy atom. The molecule has 0 aliphatic carbocycles. The number of methoxy groups -OCH3 is 1. The number of urea groups is 1. The van der Waals surface area contributed by atoms with Gasteiger partial charge >= 0.3 is 6.03 Å². The number of carbonyl (C=O) groups excluding carboxylic acids is 4. The number of amides is 5. The van der Waals surface area contributed by atoms with Crippen LogP contribution in [0.2, 0.25) is 5.02 Å². The summed E-state index contributed by atoms with van der Waals surface area (Å²) in [6.45, 7) is 3.48. The van der Waals surface area contributed by atoms with Gasteiger partial charge in [0.25, 0.3) is 17.7 Å². The van der Waals surface area contributed by atoms with Crippen LogP contribution in [-0.4, -0.2) is 44.1 Å². The maximum atomic E-state index is 13.3. The first-order valence-electron chi connectivity index (χ1n) is 12.2. The molecule has 4 rings (SSSR count). The van der Waals surface area contributed by atoms with Crippen LogP contribution in [0.4, 0.5) is 16.2 Å². The Balaban J connectivity index is 1.55. The second kappa shape index (κ2) is 12.4. The molecule has 0 bridgehead atoms. The van der Waals surface area contributed by atoms with E-state index in [9.17, 15) is 19.2 Å². The van der Waals surface area contributed by atoms with Crippen LogP contribution in [0.3, 0.4) is 0 Å². The molecule has 5 amide bonds. The van der Waals surface area contributed by atoms with E-state index >= 15 is 0 Å². The lowest BCUT2D eigenvalue weighted by Crippen LogP contribution is -2.54. The third kappa shape index (κ3) is 6.24. The minimum absolute atomic E-state index is 0.258. The van der Waals surface area contributed by atoms with Crippen LogP contribution >= 0.6 is 11.6 Å². The lowest BCUT2D eigenvalue weighted by Gasteiger charge is -2.27. The van der Waals surface area contributed by atoms with E-state index in [0.29, 0.717) is 39.9 Å². The van der Waals surface area contributed by atoms with Crippen LogP contribution in [-0.2, 0) is 14.4 Å². The number of para-hydroxylation sites is 2. The average Bonchev–Trinajstić information content (AvgIpc) is 2.93. The van der Waals surface area contributed by atoms with E-state index in [1.54, 1.807) is 68.4 Å². The molecule has 3 aromatic carbocycles. The summed E-state index contributed by atoms with van der Waals surface area (Å²) in [5.41, 5.74) is 1.56. The molecule has 40 heavy (non-hydrogen) atoms. The Hall–Kier alpha value is -4.83. The molecule has 1 fully saturated rings. The van der Waals surface area contributed by atoms with E-state index in [4.69, 9.17) is 25.8 Å². The largest absolute Gasteiger partial charge is 0.495 e. The van der Waals surface area contributed by atoms with Gasteiger partial charge in [0, 0.05) is 5.02 Å². The summed E-state index contributed by atoms with van der Waals surface area (Å²) in [5.74, 6) is -0.962. The van der Waals surface area contributed by atoms with Crippen molar-refractivity contribution in [3.63, 3.8) is 0 Å². The number of barbiturate groups is 1. The van der Waals surface area contributed by atoms with Gasteiger partial charge in [-0.15, -0.1) is 0 Å². The molecule has 1 aliphatic rings. The van der Waals surface area contributed by atoms with Gasteiger partial charge in [-0.2, -0.15) is 0 Å². The van der Waals surface area contributed by atoms with Crippen LogP contribution in [0.15, 0.2) is 66.2 Å². The predicted octanol–water partition coefficient (Wildman–Crippen LogP) is 4.74. The van der Waals surface area contributed by atoms with Crippen LogP contribution in [0.1, 0.15) is 18.1 Å². The molecule has 206 valence electrons. The third-order valence-electron chi connectivity index (χ3n) is 5.83. The Kier molecular flexibility index (Phi) is 8.70. The number of hydrogen-bond acceptors (Lipinski definition) is 7. The number of halogens is 1. The summed E-state index contributed by atoms with van der Waals surface area (Å²) in [6, 6.07) is 15.6. The number of rotatable bonds is 9. The number of hydrogen-bond donors (Lipinski definition) is 2. The molecule has 1 saturated heterocycles. The number of anilines is 2. The monoisotopic (exact) mass is 563 g/mol. The first-order chi connectivity index (χ1) is 19.2. The Morgan fingerprint density at radius 2 is 1.77 bits per heavy atom.